The summed E-state index contributed by atoms with van der Waals surface area (Å²) in [4.78, 5) is 16.4. The van der Waals surface area contributed by atoms with Crippen molar-refractivity contribution in [2.75, 3.05) is 5.32 Å². The number of H-pyrrole nitrogens is 1. The van der Waals surface area contributed by atoms with Gasteiger partial charge in [-0.3, -0.25) is 9.89 Å². The number of aromatic amines is 1. The molecule has 0 spiro atoms. The molecule has 1 saturated carbocycles. The van der Waals surface area contributed by atoms with Crippen molar-refractivity contribution in [1.82, 2.24) is 15.2 Å². The van der Waals surface area contributed by atoms with Gasteiger partial charge in [-0.2, -0.15) is 18.3 Å². The molecule has 2 aromatic rings. The number of aromatic nitrogens is 3. The van der Waals surface area contributed by atoms with Crippen molar-refractivity contribution in [2.24, 2.45) is 11.8 Å². The van der Waals surface area contributed by atoms with Gasteiger partial charge in [0.15, 0.2) is 5.65 Å². The van der Waals surface area contributed by atoms with E-state index in [1.54, 1.807) is 6.07 Å². The van der Waals surface area contributed by atoms with Gasteiger partial charge in [0.1, 0.15) is 0 Å². The van der Waals surface area contributed by atoms with Gasteiger partial charge in [-0.25, -0.2) is 4.98 Å². The van der Waals surface area contributed by atoms with Crippen molar-refractivity contribution >= 4 is 22.6 Å². The molecule has 2 N–H and O–H groups in total. The van der Waals surface area contributed by atoms with Gasteiger partial charge in [0.05, 0.1) is 17.8 Å². The summed E-state index contributed by atoms with van der Waals surface area (Å²) < 4.78 is 38.5. The summed E-state index contributed by atoms with van der Waals surface area (Å²) in [5, 5.41) is 10.2. The largest absolute Gasteiger partial charge is 0.391 e. The second-order valence-electron chi connectivity index (χ2n) is 6.04. The molecule has 0 unspecified atom stereocenters. The SMILES string of the molecule is Cc1[nH]nc2ncc(NC(=O)[C@H]3CCC[C@@H](C(F)(F)F)C3)cc12. The van der Waals surface area contributed by atoms with Gasteiger partial charge in [0, 0.05) is 17.0 Å². The molecule has 0 saturated heterocycles. The highest BCUT2D eigenvalue weighted by molar-refractivity contribution is 5.94. The molecular weight excluding hydrogens is 309 g/mol. The van der Waals surface area contributed by atoms with E-state index in [2.05, 4.69) is 20.5 Å². The first kappa shape index (κ1) is 15.8. The van der Waals surface area contributed by atoms with E-state index in [1.165, 1.54) is 6.20 Å². The molecule has 8 heteroatoms. The highest BCUT2D eigenvalue weighted by Gasteiger charge is 2.43. The van der Waals surface area contributed by atoms with Crippen LogP contribution in [0, 0.1) is 18.8 Å². The van der Waals surface area contributed by atoms with Crippen molar-refractivity contribution in [3.8, 4) is 0 Å². The number of halogens is 3. The third-order valence-electron chi connectivity index (χ3n) is 4.38. The number of alkyl halides is 3. The van der Waals surface area contributed by atoms with Crippen molar-refractivity contribution in [1.29, 1.82) is 0 Å². The number of nitrogens with zero attached hydrogens (tertiary/aromatic N) is 2. The average molecular weight is 326 g/mol. The van der Waals surface area contributed by atoms with Crippen LogP contribution in [0.15, 0.2) is 12.3 Å². The topological polar surface area (TPSA) is 70.7 Å². The number of fused-ring (bicyclic) bond motifs is 1. The Kier molecular flexibility index (Phi) is 3.99. The maximum Gasteiger partial charge on any atom is 0.391 e. The molecule has 1 aliphatic carbocycles. The standard InChI is InChI=1S/C15H17F3N4O/c1-8-12-6-11(7-19-13(12)22-21-8)20-14(23)9-3-2-4-10(5-9)15(16,17)18/h6-7,9-10H,2-5H2,1H3,(H,20,23)(H,19,21,22)/t9-,10+/m0/s1. The first-order valence-corrected chi connectivity index (χ1v) is 7.53. The van der Waals surface area contributed by atoms with Crippen LogP contribution in [0.1, 0.15) is 31.4 Å². The van der Waals surface area contributed by atoms with E-state index in [0.29, 0.717) is 24.2 Å². The van der Waals surface area contributed by atoms with E-state index >= 15 is 0 Å². The summed E-state index contributed by atoms with van der Waals surface area (Å²) in [5.74, 6) is -2.37. The number of amides is 1. The minimum Gasteiger partial charge on any atom is -0.324 e. The molecule has 124 valence electrons. The molecule has 5 nitrogen and oxygen atoms in total. The van der Waals surface area contributed by atoms with Crippen LogP contribution in [0.5, 0.6) is 0 Å². The first-order chi connectivity index (χ1) is 10.8. The molecule has 0 radical (unpaired) electrons. The van der Waals surface area contributed by atoms with Gasteiger partial charge >= 0.3 is 6.18 Å². The van der Waals surface area contributed by atoms with E-state index in [-0.39, 0.29) is 18.7 Å². The Labute approximate surface area is 130 Å². The van der Waals surface area contributed by atoms with Gasteiger partial charge in [-0.15, -0.1) is 0 Å². The molecular formula is C15H17F3N4O. The Morgan fingerprint density at radius 2 is 2.17 bits per heavy atom. The zero-order valence-corrected chi connectivity index (χ0v) is 12.6. The highest BCUT2D eigenvalue weighted by Crippen LogP contribution is 2.40. The molecule has 23 heavy (non-hydrogen) atoms. The Balaban J connectivity index is 1.71. The highest BCUT2D eigenvalue weighted by atomic mass is 19.4. The van der Waals surface area contributed by atoms with Crippen LogP contribution in [0.4, 0.5) is 18.9 Å². The van der Waals surface area contributed by atoms with Crippen LogP contribution in [0.2, 0.25) is 0 Å². The molecule has 1 amide bonds. The molecule has 1 aliphatic rings. The lowest BCUT2D eigenvalue weighted by atomic mass is 9.80. The fourth-order valence-corrected chi connectivity index (χ4v) is 3.06. The van der Waals surface area contributed by atoms with E-state index in [0.717, 1.165) is 11.1 Å². The maximum absolute atomic E-state index is 12.8. The maximum atomic E-state index is 12.8. The molecule has 0 aromatic carbocycles. The minimum absolute atomic E-state index is 0.106. The third kappa shape index (κ3) is 3.30. The smallest absolute Gasteiger partial charge is 0.324 e. The molecule has 2 aromatic heterocycles. The Bertz CT molecular complexity index is 725. The van der Waals surface area contributed by atoms with Crippen molar-refractivity contribution in [3.63, 3.8) is 0 Å². The van der Waals surface area contributed by atoms with Gasteiger partial charge in [0.25, 0.3) is 0 Å². The lowest BCUT2D eigenvalue weighted by Crippen LogP contribution is -2.34. The lowest BCUT2D eigenvalue weighted by Gasteiger charge is -2.29. The van der Waals surface area contributed by atoms with Crippen LogP contribution >= 0.6 is 0 Å². The second-order valence-corrected chi connectivity index (χ2v) is 6.04. The predicted octanol–water partition coefficient (Wildman–Crippen LogP) is 3.57. The Hall–Kier alpha value is -2.12. The summed E-state index contributed by atoms with van der Waals surface area (Å²) in [6.07, 6.45) is -1.90. The summed E-state index contributed by atoms with van der Waals surface area (Å²) in [5.41, 5.74) is 1.83. The van der Waals surface area contributed by atoms with Crippen LogP contribution in [-0.2, 0) is 4.79 Å². The summed E-state index contributed by atoms with van der Waals surface area (Å²) >= 11 is 0. The number of hydrogen-bond donors (Lipinski definition) is 2. The number of anilines is 1. The summed E-state index contributed by atoms with van der Waals surface area (Å²) in [6.45, 7) is 1.83. The van der Waals surface area contributed by atoms with Crippen LogP contribution in [0.3, 0.4) is 0 Å². The zero-order chi connectivity index (χ0) is 16.6. The van der Waals surface area contributed by atoms with Crippen molar-refractivity contribution in [3.05, 3.63) is 18.0 Å². The predicted molar refractivity (Wildman–Crippen MR) is 78.8 cm³/mol. The van der Waals surface area contributed by atoms with Gasteiger partial charge < -0.3 is 5.32 Å². The normalized spacial score (nSPS) is 22.3. The van der Waals surface area contributed by atoms with Crippen molar-refractivity contribution < 1.29 is 18.0 Å². The number of rotatable bonds is 2. The molecule has 3 rings (SSSR count). The Morgan fingerprint density at radius 1 is 1.39 bits per heavy atom. The molecule has 2 heterocycles. The second kappa shape index (κ2) is 5.82. The first-order valence-electron chi connectivity index (χ1n) is 7.53. The summed E-state index contributed by atoms with van der Waals surface area (Å²) in [6, 6.07) is 1.73. The van der Waals surface area contributed by atoms with E-state index < -0.39 is 18.0 Å². The number of pyridine rings is 1. The fourth-order valence-electron chi connectivity index (χ4n) is 3.06. The minimum atomic E-state index is -4.23. The number of carbonyl (C=O) groups is 1. The van der Waals surface area contributed by atoms with Gasteiger partial charge in [0.2, 0.25) is 5.91 Å². The third-order valence-corrected chi connectivity index (χ3v) is 4.38. The monoisotopic (exact) mass is 326 g/mol. The zero-order valence-electron chi connectivity index (χ0n) is 12.6. The molecule has 2 atom stereocenters. The van der Waals surface area contributed by atoms with Crippen LogP contribution in [0.25, 0.3) is 11.0 Å². The fraction of sp³-hybridized carbons (Fsp3) is 0.533. The van der Waals surface area contributed by atoms with E-state index in [4.69, 9.17) is 0 Å². The van der Waals surface area contributed by atoms with Crippen molar-refractivity contribution in [2.45, 2.75) is 38.8 Å². The van der Waals surface area contributed by atoms with Crippen LogP contribution < -0.4 is 5.32 Å². The lowest BCUT2D eigenvalue weighted by molar-refractivity contribution is -0.185. The Morgan fingerprint density at radius 3 is 2.91 bits per heavy atom. The van der Waals surface area contributed by atoms with E-state index in [9.17, 15) is 18.0 Å². The quantitative estimate of drug-likeness (QED) is 0.886. The van der Waals surface area contributed by atoms with Gasteiger partial charge in [-0.05, 0) is 32.3 Å². The number of nitrogens with one attached hydrogen (secondary N) is 2. The van der Waals surface area contributed by atoms with Crippen LogP contribution in [-0.4, -0.2) is 27.3 Å². The molecule has 0 aliphatic heterocycles. The number of aryl methyl sites for hydroxylation is 1. The number of carbonyl (C=O) groups excluding carboxylic acids is 1. The number of hydrogen-bond acceptors (Lipinski definition) is 3. The molecule has 1 fully saturated rings. The summed E-state index contributed by atoms with van der Waals surface area (Å²) in [7, 11) is 0. The van der Waals surface area contributed by atoms with E-state index in [1.807, 2.05) is 6.92 Å². The average Bonchev–Trinajstić information content (AvgIpc) is 2.88. The van der Waals surface area contributed by atoms with Gasteiger partial charge in [-0.1, -0.05) is 6.42 Å². The molecule has 0 bridgehead atoms.